The fourth-order valence-electron chi connectivity index (χ4n) is 2.39. The van der Waals surface area contributed by atoms with E-state index in [4.69, 9.17) is 5.73 Å². The lowest BCUT2D eigenvalue weighted by molar-refractivity contribution is -0.384. The van der Waals surface area contributed by atoms with E-state index in [0.29, 0.717) is 0 Å². The number of carbonyl (C=O) groups excluding carboxylic acids is 1. The van der Waals surface area contributed by atoms with Crippen LogP contribution in [0.5, 0.6) is 0 Å². The molecule has 1 heterocycles. The average molecular weight is 278 g/mol. The minimum atomic E-state index is -0.527. The second-order valence-electron chi connectivity index (χ2n) is 4.93. The zero-order valence-electron chi connectivity index (χ0n) is 11.3. The molecule has 0 unspecified atom stereocenters. The molecule has 0 aromatic heterocycles. The van der Waals surface area contributed by atoms with E-state index in [0.717, 1.165) is 25.9 Å². The zero-order chi connectivity index (χ0) is 14.7. The topological polar surface area (TPSA) is 102 Å². The van der Waals surface area contributed by atoms with Crippen molar-refractivity contribution in [3.8, 4) is 0 Å². The number of hydrogen-bond acceptors (Lipinski definition) is 5. The summed E-state index contributed by atoms with van der Waals surface area (Å²) in [6.07, 6.45) is 1.74. The molecule has 1 saturated heterocycles. The number of carbonyl (C=O) groups is 1. The molecule has 1 aliphatic rings. The number of amides is 1. The lowest BCUT2D eigenvalue weighted by Gasteiger charge is -2.31. The van der Waals surface area contributed by atoms with Crippen LogP contribution < -0.4 is 11.1 Å². The lowest BCUT2D eigenvalue weighted by atomic mass is 10.0. The molecular formula is C13H18N4O3. The monoisotopic (exact) mass is 278 g/mol. The number of nitrogen functional groups attached to an aromatic ring is 1. The van der Waals surface area contributed by atoms with E-state index in [2.05, 4.69) is 5.32 Å². The Morgan fingerprint density at radius 2 is 2.10 bits per heavy atom. The molecule has 1 amide bonds. The summed E-state index contributed by atoms with van der Waals surface area (Å²) in [5.41, 5.74) is 6.11. The molecule has 2 rings (SSSR count). The van der Waals surface area contributed by atoms with Crippen LogP contribution in [0.3, 0.4) is 0 Å². The molecule has 0 radical (unpaired) electrons. The van der Waals surface area contributed by atoms with Crippen LogP contribution in [0.1, 0.15) is 23.2 Å². The summed E-state index contributed by atoms with van der Waals surface area (Å²) in [7, 11) is 1.72. The first-order chi connectivity index (χ1) is 9.50. The molecule has 0 saturated carbocycles. The molecule has 7 heteroatoms. The van der Waals surface area contributed by atoms with E-state index >= 15 is 0 Å². The maximum absolute atomic E-state index is 12.4. The highest BCUT2D eigenvalue weighted by molar-refractivity contribution is 5.99. The van der Waals surface area contributed by atoms with Gasteiger partial charge in [0.05, 0.1) is 10.5 Å². The fourth-order valence-corrected chi connectivity index (χ4v) is 2.39. The van der Waals surface area contributed by atoms with E-state index in [1.54, 1.807) is 11.9 Å². The van der Waals surface area contributed by atoms with Crippen molar-refractivity contribution >= 4 is 17.3 Å². The number of benzene rings is 1. The maximum atomic E-state index is 12.4. The predicted molar refractivity (Wildman–Crippen MR) is 75.5 cm³/mol. The molecule has 0 atom stereocenters. The molecule has 1 aromatic rings. The van der Waals surface area contributed by atoms with Crippen LogP contribution in [0.15, 0.2) is 18.2 Å². The average Bonchev–Trinajstić information content (AvgIpc) is 2.47. The Hall–Kier alpha value is -2.15. The molecule has 7 nitrogen and oxygen atoms in total. The first-order valence-corrected chi connectivity index (χ1v) is 6.52. The number of nitrogens with two attached hydrogens (primary N) is 1. The fraction of sp³-hybridized carbons (Fsp3) is 0.462. The largest absolute Gasteiger partial charge is 0.398 e. The number of nitro benzene ring substituents is 1. The number of non-ortho nitro benzene ring substituents is 1. The third-order valence-corrected chi connectivity index (χ3v) is 3.65. The predicted octanol–water partition coefficient (Wildman–Crippen LogP) is 1.00. The van der Waals surface area contributed by atoms with Crippen LogP contribution in [0, 0.1) is 10.1 Å². The van der Waals surface area contributed by atoms with Gasteiger partial charge in [-0.3, -0.25) is 14.9 Å². The third kappa shape index (κ3) is 2.88. The van der Waals surface area contributed by atoms with Gasteiger partial charge in [-0.15, -0.1) is 0 Å². The van der Waals surface area contributed by atoms with Crippen LogP contribution in [-0.4, -0.2) is 41.9 Å². The number of anilines is 1. The molecule has 0 spiro atoms. The van der Waals surface area contributed by atoms with Crippen LogP contribution in [0.4, 0.5) is 11.4 Å². The Balaban J connectivity index is 2.23. The minimum Gasteiger partial charge on any atom is -0.398 e. The highest BCUT2D eigenvalue weighted by Gasteiger charge is 2.25. The Bertz CT molecular complexity index is 526. The summed E-state index contributed by atoms with van der Waals surface area (Å²) in [4.78, 5) is 24.3. The summed E-state index contributed by atoms with van der Waals surface area (Å²) in [6, 6.07) is 4.09. The van der Waals surface area contributed by atoms with Crippen LogP contribution >= 0.6 is 0 Å². The van der Waals surface area contributed by atoms with E-state index in [9.17, 15) is 14.9 Å². The van der Waals surface area contributed by atoms with E-state index in [-0.39, 0.29) is 28.9 Å². The number of nitrogens with zero attached hydrogens (tertiary/aromatic N) is 2. The summed E-state index contributed by atoms with van der Waals surface area (Å²) >= 11 is 0. The van der Waals surface area contributed by atoms with Crippen molar-refractivity contribution in [3.63, 3.8) is 0 Å². The van der Waals surface area contributed by atoms with Crippen molar-refractivity contribution in [2.45, 2.75) is 18.9 Å². The minimum absolute atomic E-state index is 0.124. The van der Waals surface area contributed by atoms with Gasteiger partial charge in [0.15, 0.2) is 0 Å². The van der Waals surface area contributed by atoms with E-state index in [1.165, 1.54) is 18.2 Å². The second kappa shape index (κ2) is 5.87. The zero-order valence-corrected chi connectivity index (χ0v) is 11.3. The maximum Gasteiger partial charge on any atom is 0.270 e. The van der Waals surface area contributed by atoms with Crippen LogP contribution in [-0.2, 0) is 0 Å². The van der Waals surface area contributed by atoms with Gasteiger partial charge in [-0.25, -0.2) is 0 Å². The van der Waals surface area contributed by atoms with Gasteiger partial charge < -0.3 is 16.0 Å². The summed E-state index contributed by atoms with van der Waals surface area (Å²) in [6.45, 7) is 1.74. The van der Waals surface area contributed by atoms with Gasteiger partial charge in [0.1, 0.15) is 0 Å². The summed E-state index contributed by atoms with van der Waals surface area (Å²) in [5, 5.41) is 14.0. The summed E-state index contributed by atoms with van der Waals surface area (Å²) < 4.78 is 0. The molecule has 3 N–H and O–H groups in total. The van der Waals surface area contributed by atoms with Crippen molar-refractivity contribution in [1.29, 1.82) is 0 Å². The van der Waals surface area contributed by atoms with Gasteiger partial charge in [-0.05, 0) is 32.0 Å². The van der Waals surface area contributed by atoms with Crippen LogP contribution in [0.25, 0.3) is 0 Å². The van der Waals surface area contributed by atoms with Crippen molar-refractivity contribution < 1.29 is 9.72 Å². The number of piperidine rings is 1. The molecule has 1 fully saturated rings. The number of hydrogen-bond donors (Lipinski definition) is 2. The first kappa shape index (κ1) is 14.3. The Kier molecular flexibility index (Phi) is 4.19. The van der Waals surface area contributed by atoms with Gasteiger partial charge in [0, 0.05) is 30.9 Å². The highest BCUT2D eigenvalue weighted by Crippen LogP contribution is 2.22. The lowest BCUT2D eigenvalue weighted by Crippen LogP contribution is -2.44. The molecular weight excluding hydrogens is 260 g/mol. The van der Waals surface area contributed by atoms with E-state index < -0.39 is 4.92 Å². The highest BCUT2D eigenvalue weighted by atomic mass is 16.6. The Morgan fingerprint density at radius 3 is 2.70 bits per heavy atom. The quantitative estimate of drug-likeness (QED) is 0.488. The molecule has 0 aliphatic carbocycles. The number of rotatable bonds is 3. The number of nitrogens with one attached hydrogen (secondary N) is 1. The van der Waals surface area contributed by atoms with Gasteiger partial charge in [-0.1, -0.05) is 0 Å². The SMILES string of the molecule is CN(C(=O)c1cc([N+](=O)[O-])ccc1N)C1CCNCC1. The third-order valence-electron chi connectivity index (χ3n) is 3.65. The summed E-state index contributed by atoms with van der Waals surface area (Å²) in [5.74, 6) is -0.266. The Labute approximate surface area is 116 Å². The van der Waals surface area contributed by atoms with Crippen molar-refractivity contribution in [1.82, 2.24) is 10.2 Å². The molecule has 1 aliphatic heterocycles. The smallest absolute Gasteiger partial charge is 0.270 e. The molecule has 108 valence electrons. The van der Waals surface area contributed by atoms with Gasteiger partial charge >= 0.3 is 0 Å². The van der Waals surface area contributed by atoms with Gasteiger partial charge in [0.2, 0.25) is 0 Å². The normalized spacial score (nSPS) is 15.8. The van der Waals surface area contributed by atoms with Crippen molar-refractivity contribution in [2.75, 3.05) is 25.9 Å². The first-order valence-electron chi connectivity index (χ1n) is 6.52. The van der Waals surface area contributed by atoms with Crippen molar-refractivity contribution in [2.24, 2.45) is 0 Å². The molecule has 1 aromatic carbocycles. The molecule has 0 bridgehead atoms. The molecule has 20 heavy (non-hydrogen) atoms. The van der Waals surface area contributed by atoms with Crippen molar-refractivity contribution in [3.05, 3.63) is 33.9 Å². The van der Waals surface area contributed by atoms with Gasteiger partial charge in [-0.2, -0.15) is 0 Å². The van der Waals surface area contributed by atoms with Gasteiger partial charge in [0.25, 0.3) is 11.6 Å². The Morgan fingerprint density at radius 1 is 1.45 bits per heavy atom. The second-order valence-corrected chi connectivity index (χ2v) is 4.93. The number of nitro groups is 1. The van der Waals surface area contributed by atoms with E-state index in [1.807, 2.05) is 0 Å². The standard InChI is InChI=1S/C13H18N4O3/c1-16(9-4-6-15-7-5-9)13(18)11-8-10(17(19)20)2-3-12(11)14/h2-3,8-9,15H,4-7,14H2,1H3. The van der Waals surface area contributed by atoms with Crippen LogP contribution in [0.2, 0.25) is 0 Å².